The first-order valence-corrected chi connectivity index (χ1v) is 21.3. The summed E-state index contributed by atoms with van der Waals surface area (Å²) in [6.45, 7) is 5.73. The van der Waals surface area contributed by atoms with Crippen LogP contribution < -0.4 is 11.1 Å². The first kappa shape index (κ1) is 42.9. The normalized spacial score (nSPS) is 11.8. The second-order valence-corrected chi connectivity index (χ2v) is 16.1. The standard InChI is InChI=1S/C25H23BrN2O.C16H12BrNO2.C9H13N/c1-2-23(19-8-4-3-5-9-19)27-25(29)21-11-12-24-20(16-21)13-14-28(24)17-18-7-6-10-22(26)15-18;17-14-3-1-2-11(8-14)10-18-7-6-12-9-13(16(19)20)4-5-15(12)18;1-2-9(10)8-6-4-3-5-7-8/h3-16,23H,2,17H2,1H3,(H,27,29);1-9H,10H2,(H,19,20);3-7,9H,2,10H2,1H3. The highest BCUT2D eigenvalue weighted by Gasteiger charge is 2.15. The lowest BCUT2D eigenvalue weighted by Crippen LogP contribution is -2.28. The maximum atomic E-state index is 12.8. The summed E-state index contributed by atoms with van der Waals surface area (Å²) >= 11 is 7.00. The molecule has 0 saturated carbocycles. The molecule has 6 aromatic carbocycles. The smallest absolute Gasteiger partial charge is 0.335 e. The predicted octanol–water partition coefficient (Wildman–Crippen LogP) is 12.6. The first-order valence-electron chi connectivity index (χ1n) is 19.7. The molecule has 1 amide bonds. The van der Waals surface area contributed by atoms with Gasteiger partial charge < -0.3 is 25.3 Å². The fraction of sp³-hybridized carbons (Fsp3) is 0.160. The molecular formula is C50H48Br2N4O3. The number of fused-ring (bicyclic) bond motifs is 2. The van der Waals surface area contributed by atoms with Gasteiger partial charge in [-0.1, -0.05) is 131 Å². The maximum absolute atomic E-state index is 12.8. The van der Waals surface area contributed by atoms with E-state index < -0.39 is 5.97 Å². The van der Waals surface area contributed by atoms with Crippen LogP contribution >= 0.6 is 31.9 Å². The zero-order valence-electron chi connectivity index (χ0n) is 33.1. The van der Waals surface area contributed by atoms with Gasteiger partial charge >= 0.3 is 5.97 Å². The molecule has 0 saturated heterocycles. The summed E-state index contributed by atoms with van der Waals surface area (Å²) < 4.78 is 6.45. The topological polar surface area (TPSA) is 102 Å². The molecule has 4 N–H and O–H groups in total. The number of carboxylic acids is 1. The fourth-order valence-electron chi connectivity index (χ4n) is 6.90. The Morgan fingerprint density at radius 1 is 0.593 bits per heavy atom. The van der Waals surface area contributed by atoms with E-state index in [0.29, 0.717) is 11.1 Å². The highest BCUT2D eigenvalue weighted by molar-refractivity contribution is 9.10. The van der Waals surface area contributed by atoms with E-state index in [9.17, 15) is 9.59 Å². The van der Waals surface area contributed by atoms with Crippen LogP contribution in [-0.4, -0.2) is 26.1 Å². The minimum atomic E-state index is -0.897. The lowest BCUT2D eigenvalue weighted by Gasteiger charge is -2.17. The van der Waals surface area contributed by atoms with E-state index in [4.69, 9.17) is 10.8 Å². The number of hydrogen-bond donors (Lipinski definition) is 3. The van der Waals surface area contributed by atoms with Gasteiger partial charge in [0.25, 0.3) is 5.91 Å². The van der Waals surface area contributed by atoms with Crippen LogP contribution in [-0.2, 0) is 13.1 Å². The van der Waals surface area contributed by atoms with Crippen molar-refractivity contribution in [3.05, 3.63) is 212 Å². The van der Waals surface area contributed by atoms with E-state index in [-0.39, 0.29) is 18.0 Å². The van der Waals surface area contributed by atoms with Crippen LogP contribution in [0.5, 0.6) is 0 Å². The molecule has 0 bridgehead atoms. The average Bonchev–Trinajstić information content (AvgIpc) is 3.86. The Balaban J connectivity index is 0.000000168. The Morgan fingerprint density at radius 3 is 1.56 bits per heavy atom. The van der Waals surface area contributed by atoms with Crippen molar-refractivity contribution < 1.29 is 14.7 Å². The van der Waals surface area contributed by atoms with E-state index in [1.165, 1.54) is 16.7 Å². The number of aromatic carboxylic acids is 1. The van der Waals surface area contributed by atoms with Crippen molar-refractivity contribution in [3.63, 3.8) is 0 Å². The molecule has 8 aromatic rings. The second kappa shape index (κ2) is 20.8. The van der Waals surface area contributed by atoms with Crippen molar-refractivity contribution in [2.24, 2.45) is 5.73 Å². The number of nitrogens with two attached hydrogens (primary N) is 1. The zero-order chi connectivity index (χ0) is 41.7. The Kier molecular flexibility index (Phi) is 15.1. The van der Waals surface area contributed by atoms with Crippen LogP contribution in [0.25, 0.3) is 21.8 Å². The van der Waals surface area contributed by atoms with Gasteiger partial charge in [-0.2, -0.15) is 0 Å². The van der Waals surface area contributed by atoms with Crippen molar-refractivity contribution in [2.45, 2.75) is 51.9 Å². The van der Waals surface area contributed by atoms with E-state index in [2.05, 4.69) is 121 Å². The fourth-order valence-corrected chi connectivity index (χ4v) is 7.79. The van der Waals surface area contributed by atoms with Gasteiger partial charge in [0, 0.05) is 67.8 Å². The number of carboxylic acid groups (broad SMARTS) is 1. The molecule has 0 radical (unpaired) electrons. The van der Waals surface area contributed by atoms with Crippen molar-refractivity contribution in [1.29, 1.82) is 0 Å². The molecule has 0 aliphatic rings. The van der Waals surface area contributed by atoms with Crippen LogP contribution in [0.4, 0.5) is 0 Å². The molecule has 300 valence electrons. The van der Waals surface area contributed by atoms with Gasteiger partial charge in [-0.15, -0.1) is 0 Å². The Labute approximate surface area is 362 Å². The SMILES string of the molecule is CCC(N)c1ccccc1.CCC(NC(=O)c1ccc2c(ccn2Cc2cccc(Br)c2)c1)c1ccccc1.O=C(O)c1ccc2c(ccn2Cc2cccc(Br)c2)c1. The summed E-state index contributed by atoms with van der Waals surface area (Å²) in [5.41, 5.74) is 13.7. The molecule has 0 fully saturated rings. The Hall–Kier alpha value is -5.74. The number of carbonyl (C=O) groups is 2. The third kappa shape index (κ3) is 11.7. The number of amides is 1. The number of rotatable bonds is 11. The van der Waals surface area contributed by atoms with Crippen molar-refractivity contribution >= 4 is 65.5 Å². The molecule has 9 heteroatoms. The van der Waals surface area contributed by atoms with E-state index in [0.717, 1.165) is 62.2 Å². The summed E-state index contributed by atoms with van der Waals surface area (Å²) in [6.07, 6.45) is 5.91. The molecule has 0 spiro atoms. The van der Waals surface area contributed by atoms with Crippen molar-refractivity contribution in [2.75, 3.05) is 0 Å². The van der Waals surface area contributed by atoms with Gasteiger partial charge in [0.2, 0.25) is 0 Å². The molecule has 0 aliphatic heterocycles. The van der Waals surface area contributed by atoms with Gasteiger partial charge in [0.05, 0.1) is 11.6 Å². The van der Waals surface area contributed by atoms with Gasteiger partial charge in [0.1, 0.15) is 0 Å². The minimum Gasteiger partial charge on any atom is -0.478 e. The molecule has 59 heavy (non-hydrogen) atoms. The molecule has 0 aliphatic carbocycles. The summed E-state index contributed by atoms with van der Waals surface area (Å²) in [4.78, 5) is 23.8. The van der Waals surface area contributed by atoms with Crippen molar-refractivity contribution in [3.8, 4) is 0 Å². The van der Waals surface area contributed by atoms with Gasteiger partial charge in [-0.25, -0.2) is 4.79 Å². The molecule has 2 heterocycles. The second-order valence-electron chi connectivity index (χ2n) is 14.3. The number of aromatic nitrogens is 2. The van der Waals surface area contributed by atoms with E-state index in [1.54, 1.807) is 12.1 Å². The number of nitrogens with zero attached hydrogens (tertiary/aromatic N) is 2. The predicted molar refractivity (Wildman–Crippen MR) is 248 cm³/mol. The van der Waals surface area contributed by atoms with Crippen LogP contribution in [0, 0.1) is 0 Å². The zero-order valence-corrected chi connectivity index (χ0v) is 36.3. The Bertz CT molecular complexity index is 2620. The van der Waals surface area contributed by atoms with Gasteiger partial charge in [-0.05, 0) is 108 Å². The summed E-state index contributed by atoms with van der Waals surface area (Å²) in [6, 6.07) is 52.1. The minimum absolute atomic E-state index is 0.0144. The number of nitrogens with one attached hydrogen (secondary N) is 1. The van der Waals surface area contributed by atoms with E-state index >= 15 is 0 Å². The maximum Gasteiger partial charge on any atom is 0.335 e. The molecule has 7 nitrogen and oxygen atoms in total. The lowest BCUT2D eigenvalue weighted by molar-refractivity contribution is 0.0696. The van der Waals surface area contributed by atoms with Crippen LogP contribution in [0.3, 0.4) is 0 Å². The quantitative estimate of drug-likeness (QED) is 0.120. The summed E-state index contributed by atoms with van der Waals surface area (Å²) in [7, 11) is 0. The van der Waals surface area contributed by atoms with Crippen LogP contribution in [0.1, 0.15) is 81.7 Å². The highest BCUT2D eigenvalue weighted by Crippen LogP contribution is 2.23. The van der Waals surface area contributed by atoms with Gasteiger partial charge in [-0.3, -0.25) is 4.79 Å². The number of benzene rings is 6. The van der Waals surface area contributed by atoms with E-state index in [1.807, 2.05) is 97.2 Å². The summed E-state index contributed by atoms with van der Waals surface area (Å²) in [5, 5.41) is 14.2. The van der Waals surface area contributed by atoms with Crippen LogP contribution in [0.15, 0.2) is 179 Å². The first-order chi connectivity index (χ1) is 28.6. The third-order valence-electron chi connectivity index (χ3n) is 10.1. The van der Waals surface area contributed by atoms with Crippen molar-refractivity contribution in [1.82, 2.24) is 14.5 Å². The average molecular weight is 913 g/mol. The molecular weight excluding hydrogens is 864 g/mol. The lowest BCUT2D eigenvalue weighted by atomic mass is 10.0. The summed E-state index contributed by atoms with van der Waals surface area (Å²) in [5.74, 6) is -0.936. The monoisotopic (exact) mass is 910 g/mol. The third-order valence-corrected chi connectivity index (χ3v) is 11.1. The molecule has 8 rings (SSSR count). The molecule has 2 aromatic heterocycles. The van der Waals surface area contributed by atoms with Gasteiger partial charge in [0.15, 0.2) is 0 Å². The molecule has 2 unspecified atom stereocenters. The number of carbonyl (C=O) groups excluding carboxylic acids is 1. The Morgan fingerprint density at radius 2 is 1.08 bits per heavy atom. The van der Waals surface area contributed by atoms with Crippen LogP contribution in [0.2, 0.25) is 0 Å². The highest BCUT2D eigenvalue weighted by atomic mass is 79.9. The number of hydrogen-bond acceptors (Lipinski definition) is 3. The molecule has 2 atom stereocenters. The largest absolute Gasteiger partial charge is 0.478 e. The number of halogens is 2.